The molecule has 0 saturated carbocycles. The first-order chi connectivity index (χ1) is 7.65. The Bertz CT molecular complexity index is 413. The smallest absolute Gasteiger partial charge is 0.329 e. The number of nitrogens with one attached hydrogen (secondary N) is 1. The molecule has 0 bridgehead atoms. The zero-order chi connectivity index (χ0) is 11.6. The Hall–Kier alpha value is -1.61. The van der Waals surface area contributed by atoms with Crippen LogP contribution in [0.4, 0.5) is 0 Å². The van der Waals surface area contributed by atoms with E-state index in [9.17, 15) is 4.79 Å². The van der Waals surface area contributed by atoms with E-state index in [4.69, 9.17) is 4.74 Å². The van der Waals surface area contributed by atoms with Crippen LogP contribution in [0.25, 0.3) is 0 Å². The van der Waals surface area contributed by atoms with Gasteiger partial charge in [0, 0.05) is 0 Å². The first kappa shape index (κ1) is 10.9. The third-order valence-electron chi connectivity index (χ3n) is 2.85. The van der Waals surface area contributed by atoms with E-state index in [2.05, 4.69) is 5.32 Å². The molecule has 2 atom stereocenters. The molecule has 16 heavy (non-hydrogen) atoms. The molecule has 1 aromatic carbocycles. The maximum atomic E-state index is 11.6. The van der Waals surface area contributed by atoms with Gasteiger partial charge in [0.1, 0.15) is 5.54 Å². The normalized spacial score (nSPS) is 28.0. The van der Waals surface area contributed by atoms with Crippen molar-refractivity contribution in [3.05, 3.63) is 48.0 Å². The van der Waals surface area contributed by atoms with E-state index in [0.29, 0.717) is 0 Å². The van der Waals surface area contributed by atoms with Crippen LogP contribution in [0, 0.1) is 0 Å². The van der Waals surface area contributed by atoms with Gasteiger partial charge in [-0.3, -0.25) is 5.32 Å². The van der Waals surface area contributed by atoms with Gasteiger partial charge in [-0.05, 0) is 12.5 Å². The molecular weight excluding hydrogens is 202 g/mol. The summed E-state index contributed by atoms with van der Waals surface area (Å²) in [6, 6.07) is 10.1. The second-order valence-electron chi connectivity index (χ2n) is 4.09. The number of carbonyl (C=O) groups is 1. The van der Waals surface area contributed by atoms with Crippen molar-refractivity contribution in [3.63, 3.8) is 0 Å². The van der Waals surface area contributed by atoms with Gasteiger partial charge in [0.2, 0.25) is 0 Å². The van der Waals surface area contributed by atoms with Crippen molar-refractivity contribution in [2.24, 2.45) is 0 Å². The SMILES string of the molecule is COC(=O)[C@]1(C)C=C[C@H](c2ccccc2)N1. The molecule has 0 amide bonds. The van der Waals surface area contributed by atoms with E-state index in [1.807, 2.05) is 49.4 Å². The largest absolute Gasteiger partial charge is 0.467 e. The molecule has 1 aliphatic heterocycles. The first-order valence-corrected chi connectivity index (χ1v) is 5.26. The molecule has 0 spiro atoms. The quantitative estimate of drug-likeness (QED) is 0.606. The van der Waals surface area contributed by atoms with Crippen LogP contribution in [0.5, 0.6) is 0 Å². The topological polar surface area (TPSA) is 38.3 Å². The highest BCUT2D eigenvalue weighted by Gasteiger charge is 2.37. The summed E-state index contributed by atoms with van der Waals surface area (Å²) in [4.78, 5) is 11.6. The van der Waals surface area contributed by atoms with Gasteiger partial charge >= 0.3 is 5.97 Å². The van der Waals surface area contributed by atoms with Crippen molar-refractivity contribution >= 4 is 5.97 Å². The van der Waals surface area contributed by atoms with Crippen LogP contribution < -0.4 is 5.32 Å². The average molecular weight is 217 g/mol. The number of hydrogen-bond acceptors (Lipinski definition) is 3. The Morgan fingerprint density at radius 3 is 2.69 bits per heavy atom. The van der Waals surface area contributed by atoms with Crippen LogP contribution >= 0.6 is 0 Å². The number of rotatable bonds is 2. The Kier molecular flexibility index (Phi) is 2.79. The molecule has 3 nitrogen and oxygen atoms in total. The number of ether oxygens (including phenoxy) is 1. The Morgan fingerprint density at radius 2 is 2.06 bits per heavy atom. The summed E-state index contributed by atoms with van der Waals surface area (Å²) in [6.45, 7) is 1.82. The van der Waals surface area contributed by atoms with Gasteiger partial charge in [-0.2, -0.15) is 0 Å². The van der Waals surface area contributed by atoms with Crippen LogP contribution in [-0.2, 0) is 9.53 Å². The highest BCUT2D eigenvalue weighted by molar-refractivity contribution is 5.83. The van der Waals surface area contributed by atoms with Crippen LogP contribution in [0.15, 0.2) is 42.5 Å². The summed E-state index contributed by atoms with van der Waals surface area (Å²) >= 11 is 0. The molecule has 0 fully saturated rings. The van der Waals surface area contributed by atoms with Gasteiger partial charge in [-0.15, -0.1) is 0 Å². The summed E-state index contributed by atoms with van der Waals surface area (Å²) in [6.07, 6.45) is 3.85. The van der Waals surface area contributed by atoms with E-state index in [1.54, 1.807) is 0 Å². The number of methoxy groups -OCH3 is 1. The van der Waals surface area contributed by atoms with E-state index in [1.165, 1.54) is 7.11 Å². The Morgan fingerprint density at radius 1 is 1.38 bits per heavy atom. The van der Waals surface area contributed by atoms with Gasteiger partial charge < -0.3 is 4.74 Å². The first-order valence-electron chi connectivity index (χ1n) is 5.26. The lowest BCUT2D eigenvalue weighted by Gasteiger charge is -2.22. The molecule has 1 aliphatic rings. The molecule has 1 N–H and O–H groups in total. The minimum atomic E-state index is -0.713. The fourth-order valence-corrected chi connectivity index (χ4v) is 1.90. The number of benzene rings is 1. The second kappa shape index (κ2) is 4.10. The van der Waals surface area contributed by atoms with Gasteiger partial charge in [-0.25, -0.2) is 4.79 Å². The standard InChI is InChI=1S/C13H15NO2/c1-13(12(15)16-2)9-8-11(14-13)10-6-4-3-5-7-10/h3-9,11,14H,1-2H3/t11-,13+/m1/s1. The maximum Gasteiger partial charge on any atom is 0.329 e. The van der Waals surface area contributed by atoms with E-state index >= 15 is 0 Å². The zero-order valence-corrected chi connectivity index (χ0v) is 9.44. The van der Waals surface area contributed by atoms with Crippen molar-refractivity contribution < 1.29 is 9.53 Å². The molecule has 0 aliphatic carbocycles. The van der Waals surface area contributed by atoms with Crippen LogP contribution in [0.1, 0.15) is 18.5 Å². The third-order valence-corrected chi connectivity index (χ3v) is 2.85. The predicted octanol–water partition coefficient (Wildman–Crippen LogP) is 1.82. The lowest BCUT2D eigenvalue weighted by molar-refractivity contribution is -0.145. The Labute approximate surface area is 95.1 Å². The summed E-state index contributed by atoms with van der Waals surface area (Å²) in [7, 11) is 1.40. The summed E-state index contributed by atoms with van der Waals surface area (Å²) in [5.74, 6) is -0.262. The summed E-state index contributed by atoms with van der Waals surface area (Å²) in [5.41, 5.74) is 0.432. The fraction of sp³-hybridized carbons (Fsp3) is 0.308. The summed E-state index contributed by atoms with van der Waals surface area (Å²) < 4.78 is 4.77. The predicted molar refractivity (Wildman–Crippen MR) is 61.9 cm³/mol. The van der Waals surface area contributed by atoms with Crippen molar-refractivity contribution in [1.82, 2.24) is 5.32 Å². The molecule has 1 aromatic rings. The lowest BCUT2D eigenvalue weighted by Crippen LogP contribution is -2.46. The molecular formula is C13H15NO2. The number of carbonyl (C=O) groups excluding carboxylic acids is 1. The number of esters is 1. The molecule has 2 rings (SSSR count). The second-order valence-corrected chi connectivity index (χ2v) is 4.09. The molecule has 0 aromatic heterocycles. The Balaban J connectivity index is 2.16. The van der Waals surface area contributed by atoms with Crippen LogP contribution in [0.2, 0.25) is 0 Å². The zero-order valence-electron chi connectivity index (χ0n) is 9.44. The third kappa shape index (κ3) is 1.86. The van der Waals surface area contributed by atoms with Crippen LogP contribution in [0.3, 0.4) is 0 Å². The minimum Gasteiger partial charge on any atom is -0.467 e. The van der Waals surface area contributed by atoms with Gasteiger partial charge in [0.25, 0.3) is 0 Å². The van der Waals surface area contributed by atoms with Gasteiger partial charge in [-0.1, -0.05) is 42.5 Å². The summed E-state index contributed by atoms with van der Waals surface area (Å²) in [5, 5.41) is 3.25. The fourth-order valence-electron chi connectivity index (χ4n) is 1.90. The van der Waals surface area contributed by atoms with Crippen LogP contribution in [-0.4, -0.2) is 18.6 Å². The minimum absolute atomic E-state index is 0.0744. The van der Waals surface area contributed by atoms with Crippen molar-refractivity contribution in [2.75, 3.05) is 7.11 Å². The van der Waals surface area contributed by atoms with Crippen molar-refractivity contribution in [2.45, 2.75) is 18.5 Å². The number of hydrogen-bond donors (Lipinski definition) is 1. The lowest BCUT2D eigenvalue weighted by atomic mass is 10.1. The molecule has 0 radical (unpaired) electrons. The highest BCUT2D eigenvalue weighted by atomic mass is 16.5. The van der Waals surface area contributed by atoms with Crippen molar-refractivity contribution in [3.8, 4) is 0 Å². The maximum absolute atomic E-state index is 11.6. The van der Waals surface area contributed by atoms with E-state index < -0.39 is 5.54 Å². The van der Waals surface area contributed by atoms with Gasteiger partial charge in [0.15, 0.2) is 0 Å². The monoisotopic (exact) mass is 217 g/mol. The highest BCUT2D eigenvalue weighted by Crippen LogP contribution is 2.26. The molecule has 0 saturated heterocycles. The van der Waals surface area contributed by atoms with E-state index in [0.717, 1.165) is 5.56 Å². The molecule has 3 heteroatoms. The average Bonchev–Trinajstić information content (AvgIpc) is 2.73. The van der Waals surface area contributed by atoms with E-state index in [-0.39, 0.29) is 12.0 Å². The molecule has 84 valence electrons. The molecule has 0 unspecified atom stereocenters. The van der Waals surface area contributed by atoms with Gasteiger partial charge in [0.05, 0.1) is 13.2 Å². The molecule has 1 heterocycles. The van der Waals surface area contributed by atoms with Crippen molar-refractivity contribution in [1.29, 1.82) is 0 Å².